The third-order valence-electron chi connectivity index (χ3n) is 4.63. The number of hydrogen-bond donors (Lipinski definition) is 1. The Morgan fingerprint density at radius 2 is 2.00 bits per heavy atom. The van der Waals surface area contributed by atoms with Crippen LogP contribution < -0.4 is 5.32 Å². The summed E-state index contributed by atoms with van der Waals surface area (Å²) < 4.78 is 5.40. The first-order chi connectivity index (χ1) is 12.6. The van der Waals surface area contributed by atoms with Crippen molar-refractivity contribution in [3.63, 3.8) is 0 Å². The summed E-state index contributed by atoms with van der Waals surface area (Å²) in [6, 6.07) is 7.60. The highest BCUT2D eigenvalue weighted by Crippen LogP contribution is 2.41. The van der Waals surface area contributed by atoms with E-state index in [4.69, 9.17) is 4.74 Å². The lowest BCUT2D eigenvalue weighted by Crippen LogP contribution is -2.27. The molecule has 1 aliphatic rings. The Kier molecular flexibility index (Phi) is 5.43. The molecular weight excluding hydrogens is 358 g/mol. The number of rotatable bonds is 3. The number of anilines is 1. The molecule has 1 aliphatic carbocycles. The van der Waals surface area contributed by atoms with Crippen molar-refractivity contribution in [3.8, 4) is 0 Å². The van der Waals surface area contributed by atoms with Crippen LogP contribution in [0.25, 0.3) is 0 Å². The second-order valence-corrected chi connectivity index (χ2v) is 9.49. The Morgan fingerprint density at radius 3 is 2.67 bits per heavy atom. The fourth-order valence-corrected chi connectivity index (χ4v) is 4.80. The van der Waals surface area contributed by atoms with Crippen LogP contribution in [-0.2, 0) is 17.6 Å². The molecule has 4 nitrogen and oxygen atoms in total. The summed E-state index contributed by atoms with van der Waals surface area (Å²) >= 11 is 1.51. The molecule has 0 aliphatic heterocycles. The second-order valence-electron chi connectivity index (χ2n) is 8.38. The number of thiophene rings is 1. The van der Waals surface area contributed by atoms with Crippen molar-refractivity contribution in [1.29, 1.82) is 0 Å². The molecule has 1 amide bonds. The van der Waals surface area contributed by atoms with Gasteiger partial charge in [0.2, 0.25) is 0 Å². The maximum absolute atomic E-state index is 13.3. The minimum Gasteiger partial charge on any atom is -0.444 e. The molecule has 1 heterocycles. The Labute approximate surface area is 164 Å². The summed E-state index contributed by atoms with van der Waals surface area (Å²) in [6.07, 6.45) is 2.36. The molecule has 1 unspecified atom stereocenters. The van der Waals surface area contributed by atoms with E-state index in [1.165, 1.54) is 16.2 Å². The maximum Gasteiger partial charge on any atom is 0.412 e. The van der Waals surface area contributed by atoms with Crippen molar-refractivity contribution >= 4 is 28.2 Å². The number of carbonyl (C=O) groups is 2. The summed E-state index contributed by atoms with van der Waals surface area (Å²) in [5.41, 5.74) is 2.84. The molecule has 144 valence electrons. The third kappa shape index (κ3) is 4.59. The quantitative estimate of drug-likeness (QED) is 0.684. The van der Waals surface area contributed by atoms with Crippen LogP contribution in [0.5, 0.6) is 0 Å². The van der Waals surface area contributed by atoms with Gasteiger partial charge in [-0.15, -0.1) is 11.3 Å². The number of ether oxygens (including phenoxy) is 1. The Balaban J connectivity index is 2.00. The lowest BCUT2D eigenvalue weighted by atomic mass is 9.86. The molecule has 2 aromatic rings. The molecule has 5 heteroatoms. The fourth-order valence-electron chi connectivity index (χ4n) is 3.41. The lowest BCUT2D eigenvalue weighted by molar-refractivity contribution is 0.0636. The first-order valence-electron chi connectivity index (χ1n) is 9.40. The largest absolute Gasteiger partial charge is 0.444 e. The highest BCUT2D eigenvalue weighted by atomic mass is 32.1. The van der Waals surface area contributed by atoms with Crippen LogP contribution in [0.1, 0.15) is 66.0 Å². The Hall–Kier alpha value is -2.14. The average molecular weight is 386 g/mol. The molecule has 27 heavy (non-hydrogen) atoms. The van der Waals surface area contributed by atoms with Gasteiger partial charge in [-0.05, 0) is 64.5 Å². The number of amides is 1. The summed E-state index contributed by atoms with van der Waals surface area (Å²) in [6.45, 7) is 9.68. The van der Waals surface area contributed by atoms with E-state index in [0.717, 1.165) is 30.4 Å². The van der Waals surface area contributed by atoms with E-state index in [1.54, 1.807) is 0 Å². The van der Waals surface area contributed by atoms with Gasteiger partial charge < -0.3 is 4.74 Å². The van der Waals surface area contributed by atoms with E-state index in [1.807, 2.05) is 52.0 Å². The van der Waals surface area contributed by atoms with Gasteiger partial charge in [-0.1, -0.05) is 30.7 Å². The second kappa shape index (κ2) is 7.47. The lowest BCUT2D eigenvalue weighted by Gasteiger charge is -2.20. The van der Waals surface area contributed by atoms with Crippen LogP contribution in [-0.4, -0.2) is 17.5 Å². The summed E-state index contributed by atoms with van der Waals surface area (Å²) in [4.78, 5) is 26.9. The molecule has 0 bridgehead atoms. The Bertz CT molecular complexity index is 876. The predicted octanol–water partition coefficient (Wildman–Crippen LogP) is 5.76. The number of ketones is 1. The molecule has 1 aromatic heterocycles. The third-order valence-corrected chi connectivity index (χ3v) is 5.80. The van der Waals surface area contributed by atoms with Crippen LogP contribution in [0.2, 0.25) is 0 Å². The van der Waals surface area contributed by atoms with Gasteiger partial charge in [0.1, 0.15) is 10.6 Å². The monoisotopic (exact) mass is 385 g/mol. The van der Waals surface area contributed by atoms with E-state index < -0.39 is 11.7 Å². The van der Waals surface area contributed by atoms with Crippen molar-refractivity contribution in [2.75, 3.05) is 5.32 Å². The number of aryl methyl sites for hydroxylation is 1. The van der Waals surface area contributed by atoms with Crippen LogP contribution in [0.15, 0.2) is 24.3 Å². The first-order valence-corrected chi connectivity index (χ1v) is 10.2. The van der Waals surface area contributed by atoms with Crippen LogP contribution >= 0.6 is 11.3 Å². The molecule has 1 aromatic carbocycles. The van der Waals surface area contributed by atoms with E-state index >= 15 is 0 Å². The predicted molar refractivity (Wildman–Crippen MR) is 110 cm³/mol. The van der Waals surface area contributed by atoms with Crippen LogP contribution in [0, 0.1) is 12.8 Å². The highest BCUT2D eigenvalue weighted by Gasteiger charge is 2.29. The van der Waals surface area contributed by atoms with Crippen molar-refractivity contribution in [2.45, 2.75) is 59.5 Å². The molecule has 0 fully saturated rings. The molecule has 3 rings (SSSR count). The van der Waals surface area contributed by atoms with Crippen molar-refractivity contribution < 1.29 is 14.3 Å². The van der Waals surface area contributed by atoms with E-state index in [9.17, 15) is 9.59 Å². The van der Waals surface area contributed by atoms with Crippen LogP contribution in [0.4, 0.5) is 9.80 Å². The molecule has 0 saturated heterocycles. The van der Waals surface area contributed by atoms with Gasteiger partial charge in [0, 0.05) is 10.4 Å². The number of nitrogens with one attached hydrogen (secondary N) is 1. The zero-order chi connectivity index (χ0) is 19.8. The molecule has 0 radical (unpaired) electrons. The molecular formula is C22H27NO3S. The molecule has 0 spiro atoms. The number of carbonyl (C=O) groups excluding carboxylic acids is 2. The molecule has 1 atom stereocenters. The van der Waals surface area contributed by atoms with Gasteiger partial charge in [-0.25, -0.2) is 4.79 Å². The average Bonchev–Trinajstić information content (AvgIpc) is 2.88. The number of benzene rings is 1. The number of hydrogen-bond acceptors (Lipinski definition) is 4. The van der Waals surface area contributed by atoms with Gasteiger partial charge in [0.25, 0.3) is 0 Å². The van der Waals surface area contributed by atoms with Crippen molar-refractivity contribution in [2.24, 2.45) is 5.92 Å². The van der Waals surface area contributed by atoms with E-state index in [-0.39, 0.29) is 5.78 Å². The van der Waals surface area contributed by atoms with Gasteiger partial charge in [0.05, 0.1) is 5.56 Å². The van der Waals surface area contributed by atoms with Crippen molar-refractivity contribution in [1.82, 2.24) is 0 Å². The zero-order valence-corrected chi connectivity index (χ0v) is 17.5. The SMILES string of the molecule is Cc1cccc(C(=O)c2c(NC(=O)OC(C)(C)C)sc3c2CCC(C)C3)c1. The number of fused-ring (bicyclic) bond motifs is 1. The fraction of sp³-hybridized carbons (Fsp3) is 0.455. The first kappa shape index (κ1) is 19.6. The van der Waals surface area contributed by atoms with Crippen LogP contribution in [0.3, 0.4) is 0 Å². The highest BCUT2D eigenvalue weighted by molar-refractivity contribution is 7.17. The van der Waals surface area contributed by atoms with Gasteiger partial charge in [-0.3, -0.25) is 10.1 Å². The normalized spacial score (nSPS) is 16.6. The standard InChI is InChI=1S/C22H27NO3S/c1-13-7-6-8-15(11-13)19(24)18-16-10-9-14(2)12-17(16)27-20(18)23-21(25)26-22(3,4)5/h6-8,11,14H,9-10,12H2,1-5H3,(H,23,25). The summed E-state index contributed by atoms with van der Waals surface area (Å²) in [7, 11) is 0. The Morgan fingerprint density at radius 1 is 1.26 bits per heavy atom. The molecule has 1 N–H and O–H groups in total. The molecule has 0 saturated carbocycles. The van der Waals surface area contributed by atoms with Gasteiger partial charge in [-0.2, -0.15) is 0 Å². The zero-order valence-electron chi connectivity index (χ0n) is 16.6. The van der Waals surface area contributed by atoms with E-state index in [2.05, 4.69) is 12.2 Å². The minimum absolute atomic E-state index is 0.0307. The van der Waals surface area contributed by atoms with Crippen molar-refractivity contribution in [3.05, 3.63) is 51.4 Å². The van der Waals surface area contributed by atoms with Gasteiger partial charge >= 0.3 is 6.09 Å². The topological polar surface area (TPSA) is 55.4 Å². The maximum atomic E-state index is 13.3. The summed E-state index contributed by atoms with van der Waals surface area (Å²) in [5, 5.41) is 3.45. The smallest absolute Gasteiger partial charge is 0.412 e. The van der Waals surface area contributed by atoms with Gasteiger partial charge in [0.15, 0.2) is 5.78 Å². The summed E-state index contributed by atoms with van der Waals surface area (Å²) in [5.74, 6) is 0.560. The minimum atomic E-state index is -0.587. The van der Waals surface area contributed by atoms with E-state index in [0.29, 0.717) is 22.0 Å².